The first-order valence-electron chi connectivity index (χ1n) is 7.30. The number of hydrogen-bond donors (Lipinski definition) is 2. The Morgan fingerprint density at radius 1 is 1.33 bits per heavy atom. The van der Waals surface area contributed by atoms with Gasteiger partial charge in [0.25, 0.3) is 0 Å². The van der Waals surface area contributed by atoms with Crippen LogP contribution in [0.15, 0.2) is 18.2 Å². The largest absolute Gasteiger partial charge is 0.495 e. The van der Waals surface area contributed by atoms with E-state index in [1.807, 2.05) is 25.1 Å². The number of benzene rings is 1. The molecular formula is C16H26N2O3. The molecule has 0 aliphatic carbocycles. The molecule has 0 unspecified atom stereocenters. The molecule has 0 bridgehead atoms. The second kappa shape index (κ2) is 9.23. The minimum atomic E-state index is -0.234. The highest BCUT2D eigenvalue weighted by atomic mass is 16.5. The third-order valence-electron chi connectivity index (χ3n) is 2.81. The van der Waals surface area contributed by atoms with Crippen molar-refractivity contribution in [2.75, 3.05) is 32.2 Å². The van der Waals surface area contributed by atoms with Crippen LogP contribution in [-0.4, -0.2) is 32.9 Å². The molecular weight excluding hydrogens is 268 g/mol. The highest BCUT2D eigenvalue weighted by Crippen LogP contribution is 2.24. The molecule has 0 saturated heterocycles. The third kappa shape index (κ3) is 6.99. The van der Waals surface area contributed by atoms with Crippen molar-refractivity contribution < 1.29 is 14.3 Å². The Labute approximate surface area is 127 Å². The zero-order chi connectivity index (χ0) is 15.7. The van der Waals surface area contributed by atoms with Crippen LogP contribution in [0.5, 0.6) is 5.75 Å². The van der Waals surface area contributed by atoms with Crippen molar-refractivity contribution in [2.24, 2.45) is 5.92 Å². The molecule has 0 atom stereocenters. The number of methoxy groups -OCH3 is 1. The van der Waals surface area contributed by atoms with E-state index in [2.05, 4.69) is 24.5 Å². The highest BCUT2D eigenvalue weighted by Gasteiger charge is 2.07. The number of ether oxygens (including phenoxy) is 2. The molecule has 5 nitrogen and oxygen atoms in total. The fourth-order valence-electron chi connectivity index (χ4n) is 1.78. The van der Waals surface area contributed by atoms with Crippen LogP contribution in [0.3, 0.4) is 0 Å². The van der Waals surface area contributed by atoms with Crippen LogP contribution in [0.4, 0.5) is 10.5 Å². The maximum absolute atomic E-state index is 11.8. The van der Waals surface area contributed by atoms with Crippen molar-refractivity contribution in [3.63, 3.8) is 0 Å². The van der Waals surface area contributed by atoms with Crippen LogP contribution in [0.1, 0.15) is 25.8 Å². The highest BCUT2D eigenvalue weighted by molar-refractivity contribution is 5.91. The van der Waals surface area contributed by atoms with Crippen LogP contribution in [-0.2, 0) is 4.74 Å². The van der Waals surface area contributed by atoms with E-state index in [0.717, 1.165) is 18.6 Å². The third-order valence-corrected chi connectivity index (χ3v) is 2.81. The predicted molar refractivity (Wildman–Crippen MR) is 85.0 cm³/mol. The number of rotatable bonds is 8. The summed E-state index contributed by atoms with van der Waals surface area (Å²) < 4.78 is 10.7. The molecule has 1 aromatic rings. The predicted octanol–water partition coefficient (Wildman–Crippen LogP) is 3.19. The summed E-state index contributed by atoms with van der Waals surface area (Å²) in [6.45, 7) is 8.19. The van der Waals surface area contributed by atoms with Crippen LogP contribution >= 0.6 is 0 Å². The summed E-state index contributed by atoms with van der Waals surface area (Å²) in [6, 6.07) is 5.42. The van der Waals surface area contributed by atoms with Crippen molar-refractivity contribution in [1.82, 2.24) is 5.32 Å². The number of carbonyl (C=O) groups is 1. The van der Waals surface area contributed by atoms with Crippen molar-refractivity contribution in [2.45, 2.75) is 27.2 Å². The molecule has 0 aromatic heterocycles. The molecule has 1 rings (SSSR count). The number of hydrogen-bond acceptors (Lipinski definition) is 3. The fourth-order valence-corrected chi connectivity index (χ4v) is 1.78. The average molecular weight is 294 g/mol. The van der Waals surface area contributed by atoms with Crippen LogP contribution in [0.2, 0.25) is 0 Å². The van der Waals surface area contributed by atoms with E-state index in [1.165, 1.54) is 0 Å². The van der Waals surface area contributed by atoms with Crippen LogP contribution in [0.25, 0.3) is 0 Å². The minimum absolute atomic E-state index is 0.234. The maximum atomic E-state index is 11.8. The molecule has 21 heavy (non-hydrogen) atoms. The molecule has 2 N–H and O–H groups in total. The van der Waals surface area contributed by atoms with E-state index in [0.29, 0.717) is 30.5 Å². The second-order valence-corrected chi connectivity index (χ2v) is 5.41. The summed E-state index contributed by atoms with van der Waals surface area (Å²) in [7, 11) is 1.58. The average Bonchev–Trinajstić information content (AvgIpc) is 2.42. The van der Waals surface area contributed by atoms with Gasteiger partial charge in [-0.15, -0.1) is 0 Å². The lowest BCUT2D eigenvalue weighted by Gasteiger charge is -2.12. The quantitative estimate of drug-likeness (QED) is 0.724. The molecule has 0 aliphatic heterocycles. The molecule has 118 valence electrons. The first-order chi connectivity index (χ1) is 10.0. The first kappa shape index (κ1) is 17.3. The van der Waals surface area contributed by atoms with Crippen molar-refractivity contribution in [1.29, 1.82) is 0 Å². The summed E-state index contributed by atoms with van der Waals surface area (Å²) in [5, 5.41) is 5.60. The van der Waals surface area contributed by atoms with E-state index >= 15 is 0 Å². The summed E-state index contributed by atoms with van der Waals surface area (Å²) in [5.74, 6) is 1.19. The maximum Gasteiger partial charge on any atom is 0.319 e. The smallest absolute Gasteiger partial charge is 0.319 e. The first-order valence-corrected chi connectivity index (χ1v) is 7.30. The number of aryl methyl sites for hydroxylation is 1. The SMILES string of the molecule is COc1ccc(C)cc1NC(=O)NCCCOCC(C)C. The van der Waals surface area contributed by atoms with Gasteiger partial charge in [-0.1, -0.05) is 19.9 Å². The molecule has 5 heteroatoms. The van der Waals surface area contributed by atoms with Gasteiger partial charge in [0, 0.05) is 19.8 Å². The van der Waals surface area contributed by atoms with Gasteiger partial charge in [-0.2, -0.15) is 0 Å². The minimum Gasteiger partial charge on any atom is -0.495 e. The molecule has 0 saturated carbocycles. The molecule has 0 spiro atoms. The van der Waals surface area contributed by atoms with Gasteiger partial charge < -0.3 is 20.1 Å². The molecule has 0 heterocycles. The zero-order valence-corrected chi connectivity index (χ0v) is 13.4. The molecule has 0 radical (unpaired) electrons. The Morgan fingerprint density at radius 3 is 2.76 bits per heavy atom. The summed E-state index contributed by atoms with van der Waals surface area (Å²) >= 11 is 0. The van der Waals surface area contributed by atoms with Crippen molar-refractivity contribution in [3.8, 4) is 5.75 Å². The fraction of sp³-hybridized carbons (Fsp3) is 0.562. The van der Waals surface area contributed by atoms with Gasteiger partial charge in [-0.25, -0.2) is 4.79 Å². The van der Waals surface area contributed by atoms with Gasteiger partial charge in [-0.3, -0.25) is 0 Å². The monoisotopic (exact) mass is 294 g/mol. The second-order valence-electron chi connectivity index (χ2n) is 5.41. The lowest BCUT2D eigenvalue weighted by atomic mass is 10.2. The lowest BCUT2D eigenvalue weighted by molar-refractivity contribution is 0.108. The van der Waals surface area contributed by atoms with E-state index in [-0.39, 0.29) is 6.03 Å². The van der Waals surface area contributed by atoms with Gasteiger partial charge in [0.15, 0.2) is 0 Å². The van der Waals surface area contributed by atoms with Crippen LogP contribution < -0.4 is 15.4 Å². The summed E-state index contributed by atoms with van der Waals surface area (Å²) in [4.78, 5) is 11.8. The lowest BCUT2D eigenvalue weighted by Crippen LogP contribution is -2.30. The van der Waals surface area contributed by atoms with E-state index in [4.69, 9.17) is 9.47 Å². The van der Waals surface area contributed by atoms with Gasteiger partial charge in [-0.05, 0) is 37.0 Å². The Morgan fingerprint density at radius 2 is 2.10 bits per heavy atom. The molecule has 0 fully saturated rings. The molecule has 0 aliphatic rings. The zero-order valence-electron chi connectivity index (χ0n) is 13.4. The molecule has 2 amide bonds. The molecule has 1 aromatic carbocycles. The van der Waals surface area contributed by atoms with Crippen molar-refractivity contribution >= 4 is 11.7 Å². The van der Waals surface area contributed by atoms with E-state index in [1.54, 1.807) is 7.11 Å². The van der Waals surface area contributed by atoms with Gasteiger partial charge >= 0.3 is 6.03 Å². The number of carbonyl (C=O) groups excluding carboxylic acids is 1. The topological polar surface area (TPSA) is 59.6 Å². The number of anilines is 1. The van der Waals surface area contributed by atoms with Gasteiger partial charge in [0.05, 0.1) is 12.8 Å². The number of urea groups is 1. The van der Waals surface area contributed by atoms with Gasteiger partial charge in [0.1, 0.15) is 5.75 Å². The Bertz CT molecular complexity index is 447. The number of nitrogens with one attached hydrogen (secondary N) is 2. The Balaban J connectivity index is 2.29. The number of amides is 2. The Hall–Kier alpha value is -1.75. The van der Waals surface area contributed by atoms with E-state index < -0.39 is 0 Å². The van der Waals surface area contributed by atoms with Gasteiger partial charge in [0.2, 0.25) is 0 Å². The van der Waals surface area contributed by atoms with Crippen molar-refractivity contribution in [3.05, 3.63) is 23.8 Å². The van der Waals surface area contributed by atoms with E-state index in [9.17, 15) is 4.79 Å². The standard InChI is InChI=1S/C16H26N2O3/c1-12(2)11-21-9-5-8-17-16(19)18-14-10-13(3)6-7-15(14)20-4/h6-7,10,12H,5,8-9,11H2,1-4H3,(H2,17,18,19). The summed E-state index contributed by atoms with van der Waals surface area (Å²) in [5.41, 5.74) is 1.74. The summed E-state index contributed by atoms with van der Waals surface area (Å²) in [6.07, 6.45) is 0.797. The van der Waals surface area contributed by atoms with Crippen LogP contribution in [0, 0.1) is 12.8 Å². The Kier molecular flexibility index (Phi) is 7.61. The normalized spacial score (nSPS) is 10.5.